The molecule has 2 aromatic carbocycles. The summed E-state index contributed by atoms with van der Waals surface area (Å²) in [7, 11) is -3.27. The Morgan fingerprint density at radius 1 is 1.05 bits per heavy atom. The third-order valence-corrected chi connectivity index (χ3v) is 9.12. The van der Waals surface area contributed by atoms with Gasteiger partial charge in [-0.3, -0.25) is 4.79 Å². The first-order chi connectivity index (χ1) is 17.7. The molecule has 2 N–H and O–H groups in total. The summed E-state index contributed by atoms with van der Waals surface area (Å²) in [6.45, 7) is 5.40. The van der Waals surface area contributed by atoms with E-state index in [0.717, 1.165) is 18.4 Å². The number of nitrogens with zero attached hydrogens (tertiary/aromatic N) is 3. The van der Waals surface area contributed by atoms with Crippen molar-refractivity contribution >= 4 is 27.6 Å². The van der Waals surface area contributed by atoms with Gasteiger partial charge in [0, 0.05) is 43.5 Å². The molecule has 0 aromatic heterocycles. The first kappa shape index (κ1) is 26.6. The highest BCUT2D eigenvalue weighted by Gasteiger charge is 2.31. The Morgan fingerprint density at radius 3 is 2.41 bits per heavy atom. The number of benzene rings is 2. The maximum Gasteiger partial charge on any atom is 0.319 e. The van der Waals surface area contributed by atoms with Crippen LogP contribution in [0, 0.1) is 18.3 Å². The van der Waals surface area contributed by atoms with Gasteiger partial charge in [-0.2, -0.15) is 9.57 Å². The molecule has 196 valence electrons. The highest BCUT2D eigenvalue weighted by atomic mass is 32.2. The number of rotatable bonds is 6. The fourth-order valence-electron chi connectivity index (χ4n) is 4.94. The van der Waals surface area contributed by atoms with Crippen molar-refractivity contribution in [2.24, 2.45) is 0 Å². The molecule has 0 radical (unpaired) electrons. The van der Waals surface area contributed by atoms with Gasteiger partial charge in [-0.15, -0.1) is 0 Å². The third kappa shape index (κ3) is 6.29. The molecule has 0 spiro atoms. The Kier molecular flexibility index (Phi) is 8.15. The van der Waals surface area contributed by atoms with E-state index in [-0.39, 0.29) is 24.2 Å². The van der Waals surface area contributed by atoms with Gasteiger partial charge in [0.1, 0.15) is 0 Å². The van der Waals surface area contributed by atoms with Crippen LogP contribution in [0.3, 0.4) is 0 Å². The number of carbonyl (C=O) groups excluding carboxylic acids is 2. The molecule has 0 unspecified atom stereocenters. The number of hydrogen-bond acceptors (Lipinski definition) is 5. The molecule has 0 aliphatic carbocycles. The van der Waals surface area contributed by atoms with Gasteiger partial charge in [0.15, 0.2) is 0 Å². The van der Waals surface area contributed by atoms with E-state index >= 15 is 0 Å². The number of nitriles is 1. The van der Waals surface area contributed by atoms with Crippen molar-refractivity contribution in [3.05, 3.63) is 64.7 Å². The largest absolute Gasteiger partial charge is 0.339 e. The third-order valence-electron chi connectivity index (χ3n) is 7.27. The number of amides is 3. The molecular weight excluding hydrogens is 490 g/mol. The molecule has 2 fully saturated rings. The molecule has 1 atom stereocenters. The van der Waals surface area contributed by atoms with Crippen molar-refractivity contribution in [1.29, 1.82) is 5.26 Å². The van der Waals surface area contributed by atoms with Crippen molar-refractivity contribution in [3.63, 3.8) is 0 Å². The van der Waals surface area contributed by atoms with Crippen LogP contribution in [0.5, 0.6) is 0 Å². The summed E-state index contributed by atoms with van der Waals surface area (Å²) in [4.78, 5) is 27.7. The lowest BCUT2D eigenvalue weighted by atomic mass is 9.89. The van der Waals surface area contributed by atoms with Crippen molar-refractivity contribution in [1.82, 2.24) is 14.5 Å². The number of nitrogens with one attached hydrogen (secondary N) is 2. The molecule has 37 heavy (non-hydrogen) atoms. The summed E-state index contributed by atoms with van der Waals surface area (Å²) in [5, 5.41) is 14.7. The van der Waals surface area contributed by atoms with E-state index in [1.54, 1.807) is 19.1 Å². The fraction of sp³-hybridized carbons (Fsp3) is 0.444. The van der Waals surface area contributed by atoms with Gasteiger partial charge >= 0.3 is 6.03 Å². The van der Waals surface area contributed by atoms with Crippen LogP contribution in [-0.2, 0) is 10.0 Å². The zero-order valence-corrected chi connectivity index (χ0v) is 22.1. The number of piperidine rings is 1. The highest BCUT2D eigenvalue weighted by Crippen LogP contribution is 2.29. The Morgan fingerprint density at radius 2 is 1.76 bits per heavy atom. The number of aryl methyl sites for hydroxylation is 1. The molecule has 2 saturated heterocycles. The van der Waals surface area contributed by atoms with E-state index in [0.29, 0.717) is 48.8 Å². The molecule has 3 amide bonds. The average Bonchev–Trinajstić information content (AvgIpc) is 3.39. The molecule has 9 nitrogen and oxygen atoms in total. The number of sulfonamides is 1. The maximum atomic E-state index is 13.2. The highest BCUT2D eigenvalue weighted by molar-refractivity contribution is 7.89. The zero-order chi connectivity index (χ0) is 26.6. The topological polar surface area (TPSA) is 123 Å². The van der Waals surface area contributed by atoms with E-state index in [9.17, 15) is 18.0 Å². The summed E-state index contributed by atoms with van der Waals surface area (Å²) in [5.74, 6) is 0.325. The van der Waals surface area contributed by atoms with Gasteiger partial charge in [-0.05, 0) is 74.4 Å². The van der Waals surface area contributed by atoms with Crippen LogP contribution in [0.1, 0.15) is 59.2 Å². The predicted octanol–water partition coefficient (Wildman–Crippen LogP) is 3.43. The van der Waals surface area contributed by atoms with E-state index < -0.39 is 16.1 Å². The lowest BCUT2D eigenvalue weighted by molar-refractivity contribution is 0.0713. The Bertz CT molecular complexity index is 1300. The number of anilines is 1. The zero-order valence-electron chi connectivity index (χ0n) is 21.2. The second kappa shape index (κ2) is 11.3. The molecule has 4 rings (SSSR count). The quantitative estimate of drug-likeness (QED) is 0.601. The minimum atomic E-state index is -3.27. The van der Waals surface area contributed by atoms with Gasteiger partial charge in [-0.1, -0.05) is 18.2 Å². The SMILES string of the molecule is CCS(=O)(=O)N1CC[C@H](NC(=O)Nc2cc(C(=O)N3CCC(c4ccc(C#N)cc4)CC3)ccc2C)C1. The van der Waals surface area contributed by atoms with Gasteiger partial charge in [0.25, 0.3) is 5.91 Å². The van der Waals surface area contributed by atoms with E-state index in [1.807, 2.05) is 42.2 Å². The van der Waals surface area contributed by atoms with Crippen LogP contribution in [0.15, 0.2) is 42.5 Å². The fourth-order valence-corrected chi connectivity index (χ4v) is 6.10. The van der Waals surface area contributed by atoms with Crippen LogP contribution in [0.4, 0.5) is 10.5 Å². The number of hydrogen-bond donors (Lipinski definition) is 2. The van der Waals surface area contributed by atoms with Crippen molar-refractivity contribution in [2.75, 3.05) is 37.2 Å². The van der Waals surface area contributed by atoms with Crippen LogP contribution in [0.2, 0.25) is 0 Å². The monoisotopic (exact) mass is 523 g/mol. The van der Waals surface area contributed by atoms with Crippen molar-refractivity contribution < 1.29 is 18.0 Å². The van der Waals surface area contributed by atoms with Crippen LogP contribution in [-0.4, -0.2) is 67.5 Å². The predicted molar refractivity (Wildman–Crippen MR) is 142 cm³/mol. The summed E-state index contributed by atoms with van der Waals surface area (Å²) < 4.78 is 25.5. The minimum absolute atomic E-state index is 0.0407. The normalized spacial score (nSPS) is 18.8. The van der Waals surface area contributed by atoms with Gasteiger partial charge in [0.2, 0.25) is 10.0 Å². The van der Waals surface area contributed by atoms with Crippen LogP contribution in [0.25, 0.3) is 0 Å². The van der Waals surface area contributed by atoms with Gasteiger partial charge in [-0.25, -0.2) is 13.2 Å². The lowest BCUT2D eigenvalue weighted by Gasteiger charge is -2.32. The second-order valence-electron chi connectivity index (χ2n) is 9.67. The Labute approximate surface area is 218 Å². The molecule has 10 heteroatoms. The summed E-state index contributed by atoms with van der Waals surface area (Å²) >= 11 is 0. The number of likely N-dealkylation sites (tertiary alicyclic amines) is 1. The molecular formula is C27H33N5O4S. The van der Waals surface area contributed by atoms with Gasteiger partial charge < -0.3 is 15.5 Å². The number of urea groups is 1. The van der Waals surface area contributed by atoms with E-state index in [1.165, 1.54) is 9.87 Å². The van der Waals surface area contributed by atoms with Crippen molar-refractivity contribution in [2.45, 2.75) is 45.1 Å². The average molecular weight is 524 g/mol. The second-order valence-corrected chi connectivity index (χ2v) is 11.9. The molecule has 2 aliphatic heterocycles. The van der Waals surface area contributed by atoms with Crippen molar-refractivity contribution in [3.8, 4) is 6.07 Å². The standard InChI is InChI=1S/C27H33N5O4S/c1-3-37(35,36)32-15-12-24(18-32)29-27(34)30-25-16-23(7-4-19(25)2)26(33)31-13-10-22(11-14-31)21-8-5-20(17-28)6-9-21/h4-9,16,22,24H,3,10-15,18H2,1-2H3,(H2,29,30,34)/t24-/m0/s1. The maximum absolute atomic E-state index is 13.2. The molecule has 0 saturated carbocycles. The molecule has 2 heterocycles. The first-order valence-corrected chi connectivity index (χ1v) is 14.3. The smallest absolute Gasteiger partial charge is 0.319 e. The van der Waals surface area contributed by atoms with E-state index in [4.69, 9.17) is 5.26 Å². The minimum Gasteiger partial charge on any atom is -0.339 e. The summed E-state index contributed by atoms with van der Waals surface area (Å²) in [6.07, 6.45) is 2.26. The Balaban J connectivity index is 1.33. The molecule has 0 bridgehead atoms. The van der Waals surface area contributed by atoms with Gasteiger partial charge in [0.05, 0.1) is 17.4 Å². The van der Waals surface area contributed by atoms with Crippen LogP contribution < -0.4 is 10.6 Å². The lowest BCUT2D eigenvalue weighted by Crippen LogP contribution is -2.41. The van der Waals surface area contributed by atoms with E-state index in [2.05, 4.69) is 16.7 Å². The van der Waals surface area contributed by atoms with Crippen LogP contribution >= 0.6 is 0 Å². The summed E-state index contributed by atoms with van der Waals surface area (Å²) in [6, 6.07) is 14.4. The first-order valence-electron chi connectivity index (χ1n) is 12.7. The number of carbonyl (C=O) groups is 2. The molecule has 2 aliphatic rings. The summed E-state index contributed by atoms with van der Waals surface area (Å²) in [5.41, 5.74) is 3.72. The molecule has 2 aromatic rings. The Hall–Kier alpha value is -3.42.